The second-order valence-electron chi connectivity index (χ2n) is 6.10. The van der Waals surface area contributed by atoms with Crippen LogP contribution in [0.15, 0.2) is 12.7 Å². The zero-order valence-electron chi connectivity index (χ0n) is 10.7. The zero-order chi connectivity index (χ0) is 13.0. The van der Waals surface area contributed by atoms with Gasteiger partial charge in [-0.3, -0.25) is 0 Å². The summed E-state index contributed by atoms with van der Waals surface area (Å²) in [6.07, 6.45) is 8.00. The molecule has 2 aliphatic rings. The molecule has 0 bridgehead atoms. The maximum Gasteiger partial charge on any atom is 0.165 e. The Bertz CT molecular complexity index is 623. The molecule has 0 unspecified atom stereocenters. The van der Waals surface area contributed by atoms with Crippen molar-refractivity contribution < 1.29 is 5.11 Å². The number of aromatic nitrogens is 4. The second kappa shape index (κ2) is 3.66. The van der Waals surface area contributed by atoms with Crippen LogP contribution < -0.4 is 5.73 Å². The monoisotopic (exact) mass is 259 g/mol. The molecule has 0 atom stereocenters. The molecule has 0 radical (unpaired) electrons. The third kappa shape index (κ3) is 1.49. The average molecular weight is 259 g/mol. The first kappa shape index (κ1) is 11.2. The van der Waals surface area contributed by atoms with Gasteiger partial charge >= 0.3 is 0 Å². The molecule has 0 saturated heterocycles. The van der Waals surface area contributed by atoms with Crippen LogP contribution in [0.1, 0.15) is 31.7 Å². The minimum absolute atomic E-state index is 0.337. The number of aliphatic hydroxyl groups excluding tert-OH is 1. The van der Waals surface area contributed by atoms with Gasteiger partial charge < -0.3 is 15.4 Å². The van der Waals surface area contributed by atoms with Crippen LogP contribution >= 0.6 is 0 Å². The van der Waals surface area contributed by atoms with Gasteiger partial charge in [0.05, 0.1) is 6.33 Å². The predicted molar refractivity (Wildman–Crippen MR) is 70.2 cm³/mol. The molecule has 6 heteroatoms. The van der Waals surface area contributed by atoms with E-state index < -0.39 is 0 Å². The summed E-state index contributed by atoms with van der Waals surface area (Å²) < 4.78 is 2.13. The molecular formula is C13H17N5O. The van der Waals surface area contributed by atoms with Crippen molar-refractivity contribution in [1.29, 1.82) is 0 Å². The Morgan fingerprint density at radius 2 is 2.05 bits per heavy atom. The van der Waals surface area contributed by atoms with Gasteiger partial charge in [0.25, 0.3) is 0 Å². The van der Waals surface area contributed by atoms with E-state index in [1.165, 1.54) is 32.0 Å². The van der Waals surface area contributed by atoms with Crippen molar-refractivity contribution in [2.24, 2.45) is 11.3 Å². The molecule has 2 aromatic heterocycles. The third-order valence-corrected chi connectivity index (χ3v) is 4.82. The maximum atomic E-state index is 9.11. The summed E-state index contributed by atoms with van der Waals surface area (Å²) in [6.45, 7) is 0.337. The number of rotatable bonds is 2. The van der Waals surface area contributed by atoms with Crippen LogP contribution in [-0.4, -0.2) is 31.2 Å². The number of fused-ring (bicyclic) bond motifs is 1. The van der Waals surface area contributed by atoms with Gasteiger partial charge in [-0.2, -0.15) is 0 Å². The van der Waals surface area contributed by atoms with E-state index in [-0.39, 0.29) is 0 Å². The Labute approximate surface area is 110 Å². The Balaban J connectivity index is 1.56. The molecule has 19 heavy (non-hydrogen) atoms. The smallest absolute Gasteiger partial charge is 0.165 e. The van der Waals surface area contributed by atoms with Crippen LogP contribution in [0.3, 0.4) is 0 Å². The average Bonchev–Trinajstić information content (AvgIpc) is 2.71. The number of imidazole rings is 1. The Morgan fingerprint density at radius 1 is 1.26 bits per heavy atom. The highest BCUT2D eigenvalue weighted by molar-refractivity contribution is 5.81. The molecule has 0 amide bonds. The first-order valence-corrected chi connectivity index (χ1v) is 6.75. The van der Waals surface area contributed by atoms with Crippen LogP contribution in [0.25, 0.3) is 11.2 Å². The number of aliphatic hydroxyl groups is 1. The number of hydrogen-bond donors (Lipinski definition) is 2. The summed E-state index contributed by atoms with van der Waals surface area (Å²) in [5.41, 5.74) is 7.82. The molecular weight excluding hydrogens is 242 g/mol. The highest BCUT2D eigenvalue weighted by Crippen LogP contribution is 2.62. The lowest BCUT2D eigenvalue weighted by molar-refractivity contribution is -0.0765. The van der Waals surface area contributed by atoms with Gasteiger partial charge in [-0.05, 0) is 37.0 Å². The zero-order valence-corrected chi connectivity index (χ0v) is 10.7. The molecule has 2 saturated carbocycles. The molecule has 2 heterocycles. The standard InChI is InChI=1S/C13H17N5O/c14-11-10-12(16-6-15-11)18(7-17-10)9-3-13(4-9)1-8(2-13)5-19/h6-9,19H,1-5H2,(H2,14,15,16). The van der Waals surface area contributed by atoms with E-state index in [0.29, 0.717) is 35.3 Å². The quantitative estimate of drug-likeness (QED) is 0.843. The SMILES string of the molecule is Nc1ncnc2c1ncn2C1CC2(CC(CO)C2)C1. The van der Waals surface area contributed by atoms with Crippen molar-refractivity contribution >= 4 is 17.0 Å². The van der Waals surface area contributed by atoms with Gasteiger partial charge in [0.2, 0.25) is 0 Å². The van der Waals surface area contributed by atoms with Crippen molar-refractivity contribution in [3.63, 3.8) is 0 Å². The fourth-order valence-corrected chi connectivity index (χ4v) is 3.90. The third-order valence-electron chi connectivity index (χ3n) is 4.82. The first-order chi connectivity index (χ1) is 9.21. The number of hydrogen-bond acceptors (Lipinski definition) is 5. The van der Waals surface area contributed by atoms with Crippen LogP contribution in [0.2, 0.25) is 0 Å². The lowest BCUT2D eigenvalue weighted by Crippen LogP contribution is -2.48. The minimum atomic E-state index is 0.337. The van der Waals surface area contributed by atoms with Crippen LogP contribution in [0.5, 0.6) is 0 Å². The molecule has 1 spiro atoms. The summed E-state index contributed by atoms with van der Waals surface area (Å²) in [5.74, 6) is 0.972. The Morgan fingerprint density at radius 3 is 2.79 bits per heavy atom. The van der Waals surface area contributed by atoms with Gasteiger partial charge in [0.1, 0.15) is 11.8 Å². The summed E-state index contributed by atoms with van der Waals surface area (Å²) in [5, 5.41) is 9.11. The van der Waals surface area contributed by atoms with E-state index in [9.17, 15) is 0 Å². The van der Waals surface area contributed by atoms with Crippen molar-refractivity contribution in [2.45, 2.75) is 31.7 Å². The second-order valence-corrected chi connectivity index (χ2v) is 6.10. The van der Waals surface area contributed by atoms with Crippen molar-refractivity contribution in [1.82, 2.24) is 19.5 Å². The molecule has 6 nitrogen and oxygen atoms in total. The molecule has 0 aromatic carbocycles. The number of nitrogens with zero attached hydrogens (tertiary/aromatic N) is 4. The molecule has 0 aliphatic heterocycles. The fraction of sp³-hybridized carbons (Fsp3) is 0.615. The fourth-order valence-electron chi connectivity index (χ4n) is 3.90. The summed E-state index contributed by atoms with van der Waals surface area (Å²) in [6, 6.07) is 0.471. The van der Waals surface area contributed by atoms with E-state index in [1.807, 2.05) is 6.33 Å². The number of nitrogen functional groups attached to an aromatic ring is 1. The summed E-state index contributed by atoms with van der Waals surface area (Å²) >= 11 is 0. The van der Waals surface area contributed by atoms with Gasteiger partial charge in [0.15, 0.2) is 11.5 Å². The van der Waals surface area contributed by atoms with Gasteiger partial charge in [-0.1, -0.05) is 0 Å². The van der Waals surface area contributed by atoms with E-state index in [0.717, 1.165) is 5.65 Å². The lowest BCUT2D eigenvalue weighted by Gasteiger charge is -2.57. The predicted octanol–water partition coefficient (Wildman–Crippen LogP) is 1.13. The van der Waals surface area contributed by atoms with E-state index in [1.54, 1.807) is 0 Å². The normalized spacial score (nSPS) is 33.3. The highest BCUT2D eigenvalue weighted by Gasteiger charge is 2.53. The van der Waals surface area contributed by atoms with Crippen molar-refractivity contribution in [3.8, 4) is 0 Å². The molecule has 2 aliphatic carbocycles. The molecule has 2 fully saturated rings. The maximum absolute atomic E-state index is 9.11. The summed E-state index contributed by atoms with van der Waals surface area (Å²) in [7, 11) is 0. The molecule has 100 valence electrons. The first-order valence-electron chi connectivity index (χ1n) is 6.75. The van der Waals surface area contributed by atoms with Crippen molar-refractivity contribution in [2.75, 3.05) is 12.3 Å². The van der Waals surface area contributed by atoms with Crippen LogP contribution in [0.4, 0.5) is 5.82 Å². The summed E-state index contributed by atoms with van der Waals surface area (Å²) in [4.78, 5) is 12.6. The Hall–Kier alpha value is -1.69. The number of anilines is 1. The van der Waals surface area contributed by atoms with E-state index in [2.05, 4.69) is 19.5 Å². The molecule has 2 aromatic rings. The van der Waals surface area contributed by atoms with E-state index >= 15 is 0 Å². The van der Waals surface area contributed by atoms with Crippen LogP contribution in [0, 0.1) is 11.3 Å². The topological polar surface area (TPSA) is 89.9 Å². The van der Waals surface area contributed by atoms with Crippen molar-refractivity contribution in [3.05, 3.63) is 12.7 Å². The molecule has 4 rings (SSSR count). The lowest BCUT2D eigenvalue weighted by atomic mass is 9.50. The Kier molecular flexibility index (Phi) is 2.15. The van der Waals surface area contributed by atoms with E-state index in [4.69, 9.17) is 10.8 Å². The van der Waals surface area contributed by atoms with Gasteiger partial charge in [-0.25, -0.2) is 15.0 Å². The van der Waals surface area contributed by atoms with Crippen LogP contribution in [-0.2, 0) is 0 Å². The largest absolute Gasteiger partial charge is 0.396 e. The number of nitrogens with two attached hydrogens (primary N) is 1. The molecule has 3 N–H and O–H groups in total. The van der Waals surface area contributed by atoms with Gasteiger partial charge in [-0.15, -0.1) is 0 Å². The minimum Gasteiger partial charge on any atom is -0.396 e. The highest BCUT2D eigenvalue weighted by atomic mass is 16.3. The van der Waals surface area contributed by atoms with Gasteiger partial charge in [0, 0.05) is 12.6 Å².